The van der Waals surface area contributed by atoms with Crippen molar-refractivity contribution in [1.82, 2.24) is 4.57 Å². The number of aryl methyl sites for hydroxylation is 1. The second-order valence-electron chi connectivity index (χ2n) is 7.36. The third-order valence-electron chi connectivity index (χ3n) is 5.43. The number of thiophene rings is 1. The van der Waals surface area contributed by atoms with Crippen LogP contribution < -0.4 is 5.32 Å². The third kappa shape index (κ3) is 3.51. The Bertz CT molecular complexity index is 1500. The number of benzene rings is 3. The maximum Gasteiger partial charge on any atom is 0.350 e. The molecule has 1 N–H and O–H groups in total. The van der Waals surface area contributed by atoms with Crippen LogP contribution in [0.4, 0.5) is 5.69 Å². The van der Waals surface area contributed by atoms with E-state index >= 15 is 0 Å². The number of nitrogens with one attached hydrogen (secondary N) is 1. The van der Waals surface area contributed by atoms with E-state index in [9.17, 15) is 9.59 Å². The van der Waals surface area contributed by atoms with Crippen molar-refractivity contribution in [2.45, 2.75) is 13.5 Å². The number of carbonyl (C=O) groups is 2. The van der Waals surface area contributed by atoms with Crippen LogP contribution in [0.3, 0.4) is 0 Å². The van der Waals surface area contributed by atoms with E-state index in [1.807, 2.05) is 54.6 Å². The molecule has 3 aromatic carbocycles. The summed E-state index contributed by atoms with van der Waals surface area (Å²) in [6.07, 6.45) is 0. The zero-order valence-corrected chi connectivity index (χ0v) is 18.8. The Morgan fingerprint density at radius 1 is 0.969 bits per heavy atom. The summed E-state index contributed by atoms with van der Waals surface area (Å²) >= 11 is 7.58. The average molecular weight is 463 g/mol. The van der Waals surface area contributed by atoms with Gasteiger partial charge in [-0.15, -0.1) is 11.3 Å². The second kappa shape index (κ2) is 8.30. The van der Waals surface area contributed by atoms with Gasteiger partial charge in [0, 0.05) is 44.1 Å². The van der Waals surface area contributed by atoms with Gasteiger partial charge in [-0.3, -0.25) is 4.79 Å². The Morgan fingerprint density at radius 2 is 1.69 bits per heavy atom. The molecule has 0 bridgehead atoms. The highest BCUT2D eigenvalue weighted by Gasteiger charge is 2.19. The third-order valence-corrected chi connectivity index (χ3v) is 7.08. The fourth-order valence-electron chi connectivity index (χ4n) is 4.01. The number of amides is 1. The molecule has 0 spiro atoms. The molecule has 0 aliphatic rings. The Kier molecular flexibility index (Phi) is 5.33. The molecule has 0 unspecified atom stereocenters. The van der Waals surface area contributed by atoms with Gasteiger partial charge in [-0.05, 0) is 37.3 Å². The summed E-state index contributed by atoms with van der Waals surface area (Å²) in [7, 11) is 0. The fourth-order valence-corrected chi connectivity index (χ4v) is 5.41. The molecule has 0 saturated heterocycles. The molecule has 0 aliphatic carbocycles. The van der Waals surface area contributed by atoms with Crippen LogP contribution in [0.15, 0.2) is 66.7 Å². The van der Waals surface area contributed by atoms with Crippen LogP contribution in [0.5, 0.6) is 0 Å². The van der Waals surface area contributed by atoms with Crippen LogP contribution in [0.2, 0.25) is 5.02 Å². The lowest BCUT2D eigenvalue weighted by Gasteiger charge is -2.07. The summed E-state index contributed by atoms with van der Waals surface area (Å²) in [6.45, 7) is 2.57. The minimum atomic E-state index is -0.604. The predicted molar refractivity (Wildman–Crippen MR) is 131 cm³/mol. The van der Waals surface area contributed by atoms with Gasteiger partial charge < -0.3 is 14.6 Å². The molecule has 160 valence electrons. The number of carbonyl (C=O) groups excluding carboxylic acids is 2. The number of para-hydroxylation sites is 1. The van der Waals surface area contributed by atoms with E-state index in [1.54, 1.807) is 0 Å². The van der Waals surface area contributed by atoms with Gasteiger partial charge in [0.05, 0.1) is 5.02 Å². The largest absolute Gasteiger partial charge is 0.451 e. The van der Waals surface area contributed by atoms with E-state index in [1.165, 1.54) is 11.3 Å². The molecular formula is C25H19ClN2O3S. The standard InChI is InChI=1S/C25H19ClN2O3S/c1-2-28-19-9-5-3-7-16(19)18-13-15(11-12-20(18)28)27-22(29)14-31-25(30)24-23(26)17-8-4-6-10-21(17)32-24/h3-13H,2,14H2,1H3,(H,27,29). The van der Waals surface area contributed by atoms with Gasteiger partial charge in [-0.25, -0.2) is 4.79 Å². The van der Waals surface area contributed by atoms with Crippen LogP contribution in [0, 0.1) is 0 Å². The van der Waals surface area contributed by atoms with Gasteiger partial charge in [0.2, 0.25) is 0 Å². The highest BCUT2D eigenvalue weighted by molar-refractivity contribution is 7.21. The normalized spacial score (nSPS) is 11.3. The lowest BCUT2D eigenvalue weighted by atomic mass is 10.1. The monoisotopic (exact) mass is 462 g/mol. The maximum absolute atomic E-state index is 12.5. The van der Waals surface area contributed by atoms with Crippen LogP contribution in [-0.4, -0.2) is 23.1 Å². The minimum absolute atomic E-state index is 0.300. The van der Waals surface area contributed by atoms with E-state index in [0.717, 1.165) is 38.4 Å². The van der Waals surface area contributed by atoms with Gasteiger partial charge in [-0.1, -0.05) is 48.0 Å². The summed E-state index contributed by atoms with van der Waals surface area (Å²) in [6, 6.07) is 21.5. The van der Waals surface area contributed by atoms with Gasteiger partial charge >= 0.3 is 5.97 Å². The predicted octanol–water partition coefficient (Wildman–Crippen LogP) is 6.48. The average Bonchev–Trinajstić information content (AvgIpc) is 3.32. The molecule has 5 aromatic rings. The number of aromatic nitrogens is 1. The van der Waals surface area contributed by atoms with Crippen molar-refractivity contribution in [3.63, 3.8) is 0 Å². The molecule has 0 atom stereocenters. The Morgan fingerprint density at radius 3 is 2.47 bits per heavy atom. The van der Waals surface area contributed by atoms with Gasteiger partial charge in [0.1, 0.15) is 4.88 Å². The molecule has 7 heteroatoms. The zero-order valence-electron chi connectivity index (χ0n) is 17.2. The number of hydrogen-bond acceptors (Lipinski definition) is 4. The first-order valence-corrected chi connectivity index (χ1v) is 11.4. The molecule has 0 radical (unpaired) electrons. The lowest BCUT2D eigenvalue weighted by Crippen LogP contribution is -2.20. The lowest BCUT2D eigenvalue weighted by molar-refractivity contribution is -0.119. The van der Waals surface area contributed by atoms with Gasteiger partial charge in [0.25, 0.3) is 5.91 Å². The maximum atomic E-state index is 12.5. The summed E-state index contributed by atoms with van der Waals surface area (Å²) in [5.41, 5.74) is 2.91. The first-order valence-electron chi connectivity index (χ1n) is 10.2. The van der Waals surface area contributed by atoms with E-state index in [-0.39, 0.29) is 0 Å². The van der Waals surface area contributed by atoms with E-state index < -0.39 is 18.5 Å². The van der Waals surface area contributed by atoms with Crippen LogP contribution in [0.25, 0.3) is 31.9 Å². The molecule has 0 fully saturated rings. The fraction of sp³-hybridized carbons (Fsp3) is 0.120. The van der Waals surface area contributed by atoms with E-state index in [4.69, 9.17) is 16.3 Å². The first-order chi connectivity index (χ1) is 15.6. The molecular weight excluding hydrogens is 444 g/mol. The molecule has 5 nitrogen and oxygen atoms in total. The second-order valence-corrected chi connectivity index (χ2v) is 8.79. The first kappa shape index (κ1) is 20.5. The zero-order chi connectivity index (χ0) is 22.2. The SMILES string of the molecule is CCn1c2ccccc2c2cc(NC(=O)COC(=O)c3sc4ccccc4c3Cl)ccc21. The summed E-state index contributed by atoms with van der Waals surface area (Å²) in [5.74, 6) is -1.01. The topological polar surface area (TPSA) is 60.3 Å². The van der Waals surface area contributed by atoms with Crippen molar-refractivity contribution >= 4 is 72.4 Å². The van der Waals surface area contributed by atoms with Crippen molar-refractivity contribution in [3.05, 3.63) is 76.6 Å². The number of rotatable bonds is 5. The number of fused-ring (bicyclic) bond motifs is 4. The number of nitrogens with zero attached hydrogens (tertiary/aromatic N) is 1. The van der Waals surface area contributed by atoms with E-state index in [0.29, 0.717) is 15.6 Å². The number of anilines is 1. The molecule has 2 aromatic heterocycles. The summed E-state index contributed by atoms with van der Waals surface area (Å²) in [4.78, 5) is 25.2. The number of esters is 1. The Labute approximate surface area is 193 Å². The molecule has 2 heterocycles. The Hall–Kier alpha value is -3.35. The Balaban J connectivity index is 1.32. The highest BCUT2D eigenvalue weighted by Crippen LogP contribution is 2.35. The van der Waals surface area contributed by atoms with Crippen molar-refractivity contribution in [2.24, 2.45) is 0 Å². The van der Waals surface area contributed by atoms with Crippen molar-refractivity contribution < 1.29 is 14.3 Å². The molecule has 1 amide bonds. The molecule has 0 saturated carbocycles. The molecule has 5 rings (SSSR count). The van der Waals surface area contributed by atoms with Gasteiger partial charge in [0.15, 0.2) is 6.61 Å². The number of hydrogen-bond donors (Lipinski definition) is 1. The highest BCUT2D eigenvalue weighted by atomic mass is 35.5. The summed E-state index contributed by atoms with van der Waals surface area (Å²) < 4.78 is 8.36. The van der Waals surface area contributed by atoms with E-state index in [2.05, 4.69) is 28.9 Å². The van der Waals surface area contributed by atoms with Crippen molar-refractivity contribution in [1.29, 1.82) is 0 Å². The van der Waals surface area contributed by atoms with Crippen LogP contribution in [0.1, 0.15) is 16.6 Å². The minimum Gasteiger partial charge on any atom is -0.451 e. The van der Waals surface area contributed by atoms with Gasteiger partial charge in [-0.2, -0.15) is 0 Å². The number of halogens is 1. The van der Waals surface area contributed by atoms with Crippen molar-refractivity contribution in [2.75, 3.05) is 11.9 Å². The smallest absolute Gasteiger partial charge is 0.350 e. The number of ether oxygens (including phenoxy) is 1. The molecule has 0 aliphatic heterocycles. The van der Waals surface area contributed by atoms with Crippen LogP contribution in [-0.2, 0) is 16.1 Å². The molecule has 32 heavy (non-hydrogen) atoms. The quantitative estimate of drug-likeness (QED) is 0.304. The van der Waals surface area contributed by atoms with Crippen molar-refractivity contribution in [3.8, 4) is 0 Å². The summed E-state index contributed by atoms with van der Waals surface area (Å²) in [5, 5.41) is 6.17. The van der Waals surface area contributed by atoms with Crippen LogP contribution >= 0.6 is 22.9 Å².